The van der Waals surface area contributed by atoms with Crippen molar-refractivity contribution in [1.29, 1.82) is 0 Å². The maximum absolute atomic E-state index is 6.27. The molecule has 4 fully saturated rings. The summed E-state index contributed by atoms with van der Waals surface area (Å²) in [6, 6.07) is 11.1. The second-order valence-corrected chi connectivity index (χ2v) is 8.33. The first-order chi connectivity index (χ1) is 9.62. The lowest BCUT2D eigenvalue weighted by atomic mass is 9.41. The van der Waals surface area contributed by atoms with Gasteiger partial charge < -0.3 is 5.73 Å². The Kier molecular flexibility index (Phi) is 2.79. The third-order valence-corrected chi connectivity index (χ3v) is 6.58. The average Bonchev–Trinajstić information content (AvgIpc) is 2.37. The Balaban J connectivity index is 1.73. The SMILES string of the molecule is CC12CC3CC(C1)CC(C(CN)c1ccccc1)(C3)C2. The Bertz CT molecular complexity index is 478. The van der Waals surface area contributed by atoms with Crippen LogP contribution in [0, 0.1) is 22.7 Å². The summed E-state index contributed by atoms with van der Waals surface area (Å²) < 4.78 is 0. The molecule has 1 nitrogen and oxygen atoms in total. The zero-order valence-electron chi connectivity index (χ0n) is 12.6. The Morgan fingerprint density at radius 2 is 1.75 bits per heavy atom. The van der Waals surface area contributed by atoms with Crippen molar-refractivity contribution in [1.82, 2.24) is 0 Å². The minimum absolute atomic E-state index is 0.509. The monoisotopic (exact) mass is 269 g/mol. The van der Waals surface area contributed by atoms with Gasteiger partial charge in [0.05, 0.1) is 0 Å². The summed E-state index contributed by atoms with van der Waals surface area (Å²) in [5, 5.41) is 0. The molecule has 3 unspecified atom stereocenters. The third-order valence-electron chi connectivity index (χ3n) is 6.58. The van der Waals surface area contributed by atoms with E-state index in [1.807, 2.05) is 0 Å². The molecule has 0 radical (unpaired) electrons. The number of hydrogen-bond acceptors (Lipinski definition) is 1. The topological polar surface area (TPSA) is 26.0 Å². The van der Waals surface area contributed by atoms with E-state index in [1.54, 1.807) is 0 Å². The lowest BCUT2D eigenvalue weighted by Crippen LogP contribution is -2.54. The van der Waals surface area contributed by atoms with E-state index < -0.39 is 0 Å². The van der Waals surface area contributed by atoms with Crippen LogP contribution in [0.2, 0.25) is 0 Å². The zero-order valence-corrected chi connectivity index (χ0v) is 12.6. The highest BCUT2D eigenvalue weighted by atomic mass is 14.7. The summed E-state index contributed by atoms with van der Waals surface area (Å²) in [5.41, 5.74) is 8.88. The molecule has 0 aromatic heterocycles. The molecule has 20 heavy (non-hydrogen) atoms. The molecular weight excluding hydrogens is 242 g/mol. The molecular formula is C19H27N. The maximum atomic E-state index is 6.27. The number of rotatable bonds is 3. The van der Waals surface area contributed by atoms with Crippen molar-refractivity contribution in [2.24, 2.45) is 28.4 Å². The van der Waals surface area contributed by atoms with Gasteiger partial charge in [-0.2, -0.15) is 0 Å². The quantitative estimate of drug-likeness (QED) is 0.868. The van der Waals surface area contributed by atoms with Crippen LogP contribution in [0.4, 0.5) is 0 Å². The molecule has 0 aliphatic heterocycles. The van der Waals surface area contributed by atoms with Gasteiger partial charge in [0.2, 0.25) is 0 Å². The first-order valence-electron chi connectivity index (χ1n) is 8.38. The highest BCUT2D eigenvalue weighted by Crippen LogP contribution is 2.68. The van der Waals surface area contributed by atoms with Crippen LogP contribution in [0.5, 0.6) is 0 Å². The molecule has 4 aliphatic carbocycles. The number of nitrogens with two attached hydrogens (primary N) is 1. The minimum Gasteiger partial charge on any atom is -0.330 e. The van der Waals surface area contributed by atoms with Crippen LogP contribution >= 0.6 is 0 Å². The lowest BCUT2D eigenvalue weighted by molar-refractivity contribution is -0.113. The van der Waals surface area contributed by atoms with Crippen LogP contribution in [-0.4, -0.2) is 6.54 Å². The molecule has 0 amide bonds. The summed E-state index contributed by atoms with van der Waals surface area (Å²) in [6.45, 7) is 3.37. The molecule has 0 spiro atoms. The molecule has 4 saturated carbocycles. The van der Waals surface area contributed by atoms with Crippen molar-refractivity contribution >= 4 is 0 Å². The van der Waals surface area contributed by atoms with E-state index in [9.17, 15) is 0 Å². The van der Waals surface area contributed by atoms with Gasteiger partial charge in [-0.25, -0.2) is 0 Å². The minimum atomic E-state index is 0.509. The zero-order chi connectivity index (χ0) is 13.8. The van der Waals surface area contributed by atoms with E-state index in [0.717, 1.165) is 18.4 Å². The van der Waals surface area contributed by atoms with Crippen LogP contribution in [0.15, 0.2) is 30.3 Å². The van der Waals surface area contributed by atoms with Crippen molar-refractivity contribution in [3.8, 4) is 0 Å². The van der Waals surface area contributed by atoms with E-state index in [1.165, 1.54) is 44.1 Å². The van der Waals surface area contributed by atoms with Gasteiger partial charge in [-0.3, -0.25) is 0 Å². The highest BCUT2D eigenvalue weighted by molar-refractivity contribution is 5.25. The largest absolute Gasteiger partial charge is 0.330 e. The van der Waals surface area contributed by atoms with E-state index in [-0.39, 0.29) is 0 Å². The average molecular weight is 269 g/mol. The summed E-state index contributed by atoms with van der Waals surface area (Å²) in [4.78, 5) is 0. The molecule has 0 heterocycles. The Hall–Kier alpha value is -0.820. The maximum Gasteiger partial charge on any atom is 0.00181 e. The van der Waals surface area contributed by atoms with E-state index >= 15 is 0 Å². The normalized spacial score (nSPS) is 43.7. The van der Waals surface area contributed by atoms with Crippen LogP contribution in [0.25, 0.3) is 0 Å². The molecule has 0 saturated heterocycles. The standard InChI is InChI=1S/C19H27N/c1-18-8-14-7-15(9-18)11-19(10-14,13-18)17(12-20)16-5-3-2-4-6-16/h2-6,14-15,17H,7-13,20H2,1H3. The van der Waals surface area contributed by atoms with Crippen LogP contribution in [0.3, 0.4) is 0 Å². The van der Waals surface area contributed by atoms with Crippen molar-refractivity contribution in [2.75, 3.05) is 6.54 Å². The second kappa shape index (κ2) is 4.34. The van der Waals surface area contributed by atoms with Gasteiger partial charge in [-0.1, -0.05) is 37.3 Å². The first kappa shape index (κ1) is 12.9. The van der Waals surface area contributed by atoms with Gasteiger partial charge in [0.15, 0.2) is 0 Å². The molecule has 1 heteroatoms. The Morgan fingerprint density at radius 3 is 2.30 bits per heavy atom. The highest BCUT2D eigenvalue weighted by Gasteiger charge is 2.58. The van der Waals surface area contributed by atoms with E-state index in [0.29, 0.717) is 16.7 Å². The molecule has 108 valence electrons. The number of hydrogen-bond donors (Lipinski definition) is 1. The van der Waals surface area contributed by atoms with Gasteiger partial charge in [-0.15, -0.1) is 0 Å². The summed E-state index contributed by atoms with van der Waals surface area (Å²) in [7, 11) is 0. The molecule has 4 aliphatic rings. The Labute approximate surface area is 122 Å². The van der Waals surface area contributed by atoms with Crippen LogP contribution in [0.1, 0.15) is 56.9 Å². The molecule has 3 atom stereocenters. The van der Waals surface area contributed by atoms with Gasteiger partial charge in [0.1, 0.15) is 0 Å². The summed E-state index contributed by atoms with van der Waals surface area (Å²) in [5.74, 6) is 2.55. The fraction of sp³-hybridized carbons (Fsp3) is 0.684. The van der Waals surface area contributed by atoms with Crippen molar-refractivity contribution < 1.29 is 0 Å². The Morgan fingerprint density at radius 1 is 1.10 bits per heavy atom. The summed E-state index contributed by atoms with van der Waals surface area (Å²) >= 11 is 0. The third kappa shape index (κ3) is 1.86. The predicted molar refractivity (Wildman–Crippen MR) is 83.5 cm³/mol. The van der Waals surface area contributed by atoms with Gasteiger partial charge >= 0.3 is 0 Å². The fourth-order valence-corrected chi connectivity index (χ4v) is 6.63. The van der Waals surface area contributed by atoms with Gasteiger partial charge in [-0.05, 0) is 73.3 Å². The van der Waals surface area contributed by atoms with Crippen molar-refractivity contribution in [3.63, 3.8) is 0 Å². The molecule has 1 aromatic carbocycles. The predicted octanol–water partition coefficient (Wildman–Crippen LogP) is 4.34. The molecule has 4 bridgehead atoms. The van der Waals surface area contributed by atoms with E-state index in [2.05, 4.69) is 37.3 Å². The first-order valence-corrected chi connectivity index (χ1v) is 8.38. The van der Waals surface area contributed by atoms with Gasteiger partial charge in [0.25, 0.3) is 0 Å². The van der Waals surface area contributed by atoms with Crippen molar-refractivity contribution in [3.05, 3.63) is 35.9 Å². The van der Waals surface area contributed by atoms with Crippen LogP contribution < -0.4 is 5.73 Å². The smallest absolute Gasteiger partial charge is 0.00181 e. The number of benzene rings is 1. The second-order valence-electron chi connectivity index (χ2n) is 8.33. The van der Waals surface area contributed by atoms with Crippen molar-refractivity contribution in [2.45, 2.75) is 51.4 Å². The van der Waals surface area contributed by atoms with Crippen LogP contribution in [-0.2, 0) is 0 Å². The molecule has 5 rings (SSSR count). The molecule has 2 N–H and O–H groups in total. The van der Waals surface area contributed by atoms with E-state index in [4.69, 9.17) is 5.73 Å². The lowest BCUT2D eigenvalue weighted by Gasteiger charge is -2.63. The fourth-order valence-electron chi connectivity index (χ4n) is 6.63. The molecule has 1 aromatic rings. The van der Waals surface area contributed by atoms with Gasteiger partial charge in [0, 0.05) is 5.92 Å². The summed E-state index contributed by atoms with van der Waals surface area (Å²) in [6.07, 6.45) is 8.77.